The normalized spacial score (nSPS) is 14.1. The molecule has 0 unspecified atom stereocenters. The van der Waals surface area contributed by atoms with E-state index in [9.17, 15) is 36.6 Å². The van der Waals surface area contributed by atoms with E-state index < -0.39 is 43.9 Å². The van der Waals surface area contributed by atoms with Crippen molar-refractivity contribution in [3.05, 3.63) is 175 Å². The summed E-state index contributed by atoms with van der Waals surface area (Å²) in [6.45, 7) is 32.5. The molecule has 0 heterocycles. The molecule has 0 radical (unpaired) electrons. The maximum atomic E-state index is 13.5. The molecule has 16 heteroatoms. The summed E-state index contributed by atoms with van der Waals surface area (Å²) < 4.78 is 71.5. The first-order valence-electron chi connectivity index (χ1n) is 28.9. The Kier molecular flexibility index (Phi) is 19.4. The summed E-state index contributed by atoms with van der Waals surface area (Å²) in [5.74, 6) is 0.250. The Labute approximate surface area is 499 Å². The Morgan fingerprint density at radius 3 is 0.917 bits per heavy atom. The molecular formula is C68H88N4O10S2. The van der Waals surface area contributed by atoms with E-state index in [0.29, 0.717) is 33.8 Å². The minimum absolute atomic E-state index is 0.0135. The van der Waals surface area contributed by atoms with Crippen molar-refractivity contribution in [2.24, 2.45) is 0 Å². The maximum absolute atomic E-state index is 13.5. The molecule has 6 aromatic carbocycles. The number of aromatic hydroxyl groups is 2. The lowest BCUT2D eigenvalue weighted by Gasteiger charge is -2.28. The molecule has 8 bridgehead atoms. The van der Waals surface area contributed by atoms with Gasteiger partial charge in [-0.3, -0.25) is 9.59 Å². The fraction of sp³-hybridized carbons (Fsp3) is 0.441. The highest BCUT2D eigenvalue weighted by Crippen LogP contribution is 2.44. The fourth-order valence-electron chi connectivity index (χ4n) is 10.1. The second-order valence-electron chi connectivity index (χ2n) is 26.8. The van der Waals surface area contributed by atoms with Gasteiger partial charge in [-0.15, -0.1) is 0 Å². The average Bonchev–Trinajstić information content (AvgIpc) is 3.45. The van der Waals surface area contributed by atoms with Gasteiger partial charge in [-0.25, -0.2) is 16.8 Å². The number of rotatable bonds is 16. The van der Waals surface area contributed by atoms with Gasteiger partial charge in [-0.2, -0.15) is 9.44 Å². The van der Waals surface area contributed by atoms with Gasteiger partial charge in [0, 0.05) is 25.7 Å². The minimum Gasteiger partial charge on any atom is -0.507 e. The van der Waals surface area contributed by atoms with Gasteiger partial charge in [-0.1, -0.05) is 167 Å². The maximum Gasteiger partial charge on any atom is 0.241 e. The first-order chi connectivity index (χ1) is 38.9. The lowest BCUT2D eigenvalue weighted by atomic mass is 9.79. The van der Waals surface area contributed by atoms with E-state index in [4.69, 9.17) is 9.47 Å². The lowest BCUT2D eigenvalue weighted by molar-refractivity contribution is -0.123. The van der Waals surface area contributed by atoms with Gasteiger partial charge in [-0.05, 0) is 140 Å². The molecule has 7 rings (SSSR count). The van der Waals surface area contributed by atoms with Gasteiger partial charge < -0.3 is 30.3 Å². The molecule has 2 amide bonds. The molecule has 0 fully saturated rings. The summed E-state index contributed by atoms with van der Waals surface area (Å²) >= 11 is 0. The highest BCUT2D eigenvalue weighted by atomic mass is 32.2. The van der Waals surface area contributed by atoms with E-state index in [2.05, 4.69) is 152 Å². The predicted molar refractivity (Wildman–Crippen MR) is 334 cm³/mol. The van der Waals surface area contributed by atoms with Crippen LogP contribution < -0.4 is 29.6 Å². The number of aryl methyl sites for hydroxylation is 2. The van der Waals surface area contributed by atoms with Crippen molar-refractivity contribution in [3.63, 3.8) is 0 Å². The molecule has 1 aliphatic rings. The number of fused-ring (bicyclic) bond motifs is 8. The van der Waals surface area contributed by atoms with Crippen LogP contribution in [-0.2, 0) is 77.0 Å². The van der Waals surface area contributed by atoms with Gasteiger partial charge in [0.2, 0.25) is 31.9 Å². The molecule has 0 spiro atoms. The quantitative estimate of drug-likeness (QED) is 0.0504. The first-order valence-corrected chi connectivity index (χ1v) is 31.9. The number of phenolic OH excluding ortho intramolecular Hbond substituents is 2. The summed E-state index contributed by atoms with van der Waals surface area (Å²) in [5, 5.41) is 31.3. The van der Waals surface area contributed by atoms with Crippen molar-refractivity contribution in [2.45, 2.75) is 180 Å². The van der Waals surface area contributed by atoms with Gasteiger partial charge in [0.05, 0.1) is 35.0 Å². The van der Waals surface area contributed by atoms with Crippen molar-refractivity contribution >= 4 is 31.9 Å². The van der Waals surface area contributed by atoms with E-state index in [-0.39, 0.29) is 94.9 Å². The number of carbonyl (C=O) groups excluding carboxylic acids is 2. The van der Waals surface area contributed by atoms with Crippen LogP contribution in [0.25, 0.3) is 0 Å². The van der Waals surface area contributed by atoms with Crippen molar-refractivity contribution in [3.8, 4) is 23.0 Å². The standard InChI is InChI=1S/C68H88N4O10S2/c1-41-17-21-57(22-18-41)83(77,78)71-43(3)63(75)69-25-27-81-61-49-29-45-33-53(65(5,6)7)35-47(59(45)73)31-51-39-56(68(14,15)16)40-52(62(51)82-28-26-70-64(76)44(4)72-84(79,80)58-23-19-42(2)20-24-58)32-48-36-54(66(8,9)10)34-46(60(48)74)30-50(61)38-55(37-49)67(11,12)13/h17-24,33-40,43-44,71-74H,25-32H2,1-16H3,(H,69,75)(H,70,76)/t43-,44-/m0/s1. The number of sulfonamides is 2. The smallest absolute Gasteiger partial charge is 0.241 e. The topological polar surface area (TPSA) is 209 Å². The van der Waals surface area contributed by atoms with Crippen LogP contribution >= 0.6 is 0 Å². The molecule has 0 aromatic heterocycles. The van der Waals surface area contributed by atoms with Gasteiger partial charge in [0.25, 0.3) is 0 Å². The van der Waals surface area contributed by atoms with Crippen LogP contribution in [0.5, 0.6) is 23.0 Å². The van der Waals surface area contributed by atoms with Crippen LogP contribution in [0.3, 0.4) is 0 Å². The highest BCUT2D eigenvalue weighted by Gasteiger charge is 2.30. The number of nitrogens with one attached hydrogen (secondary N) is 4. The molecule has 452 valence electrons. The molecule has 0 saturated heterocycles. The summed E-state index contributed by atoms with van der Waals surface area (Å²) in [5.41, 5.74) is 10.2. The molecule has 14 nitrogen and oxygen atoms in total. The summed E-state index contributed by atoms with van der Waals surface area (Å²) in [6.07, 6.45) is 0.978. The minimum atomic E-state index is -3.99. The molecule has 0 aliphatic heterocycles. The summed E-state index contributed by atoms with van der Waals surface area (Å²) in [6, 6.07) is 27.3. The number of phenols is 2. The Morgan fingerprint density at radius 2 is 0.679 bits per heavy atom. The van der Waals surface area contributed by atoms with Crippen LogP contribution in [0.1, 0.15) is 175 Å². The van der Waals surface area contributed by atoms with Gasteiger partial charge in [0.1, 0.15) is 36.2 Å². The summed E-state index contributed by atoms with van der Waals surface area (Å²) in [4.78, 5) is 27.1. The van der Waals surface area contributed by atoms with E-state index in [1.807, 2.05) is 13.8 Å². The summed E-state index contributed by atoms with van der Waals surface area (Å²) in [7, 11) is -7.97. The monoisotopic (exact) mass is 1180 g/mol. The Morgan fingerprint density at radius 1 is 0.440 bits per heavy atom. The number of carbonyl (C=O) groups is 2. The van der Waals surface area contributed by atoms with Crippen molar-refractivity contribution in [2.75, 3.05) is 26.3 Å². The third kappa shape index (κ3) is 16.0. The van der Waals surface area contributed by atoms with E-state index in [1.165, 1.54) is 38.1 Å². The number of benzene rings is 6. The molecule has 2 atom stereocenters. The second-order valence-corrected chi connectivity index (χ2v) is 30.3. The largest absolute Gasteiger partial charge is 0.507 e. The first kappa shape index (κ1) is 64.8. The number of hydrogen-bond donors (Lipinski definition) is 6. The molecule has 1 aliphatic carbocycles. The molecule has 6 N–H and O–H groups in total. The fourth-order valence-corrected chi connectivity index (χ4v) is 12.5. The van der Waals surface area contributed by atoms with Crippen LogP contribution in [0.15, 0.2) is 107 Å². The van der Waals surface area contributed by atoms with E-state index in [0.717, 1.165) is 55.6 Å². The number of ether oxygens (including phenoxy) is 2. The van der Waals surface area contributed by atoms with Crippen molar-refractivity contribution in [1.82, 2.24) is 20.1 Å². The SMILES string of the molecule is Cc1ccc(S(=O)(=O)N[C@@H](C)C(=O)NCCOc2c3cc(C(C)(C)C)cc2Cc2cc(C(C)(C)C)cc(c2O)Cc2cc(C(C)(C)C)cc(c2OCCNC(=O)[C@H](C)NS(=O)(=O)c2ccc(C)cc2)Cc2cc(C(C)(C)C)cc(c2O)C3)cc1. The van der Waals surface area contributed by atoms with Gasteiger partial charge in [0.15, 0.2) is 0 Å². The molecule has 6 aromatic rings. The zero-order chi connectivity index (χ0) is 62.1. The Balaban J connectivity index is 1.32. The third-order valence-electron chi connectivity index (χ3n) is 15.4. The Hall–Kier alpha value is -6.72. The van der Waals surface area contributed by atoms with Crippen LogP contribution in [0, 0.1) is 13.8 Å². The van der Waals surface area contributed by atoms with Crippen molar-refractivity contribution < 1.29 is 46.1 Å². The number of hydrogen-bond acceptors (Lipinski definition) is 10. The second kappa shape index (κ2) is 25.1. The van der Waals surface area contributed by atoms with Crippen LogP contribution in [0.2, 0.25) is 0 Å². The van der Waals surface area contributed by atoms with E-state index in [1.54, 1.807) is 24.3 Å². The molecule has 0 saturated carbocycles. The lowest BCUT2D eigenvalue weighted by Crippen LogP contribution is -2.45. The highest BCUT2D eigenvalue weighted by molar-refractivity contribution is 7.89. The Bertz CT molecular complexity index is 3300. The molecular weight excluding hydrogens is 1100 g/mol. The average molecular weight is 1190 g/mol. The molecule has 84 heavy (non-hydrogen) atoms. The van der Waals surface area contributed by atoms with E-state index >= 15 is 0 Å². The van der Waals surface area contributed by atoms with Crippen LogP contribution in [0.4, 0.5) is 0 Å². The zero-order valence-corrected chi connectivity index (χ0v) is 53.7. The van der Waals surface area contributed by atoms with Crippen molar-refractivity contribution in [1.29, 1.82) is 0 Å². The third-order valence-corrected chi connectivity index (χ3v) is 18.5. The predicted octanol–water partition coefficient (Wildman–Crippen LogP) is 11.3. The zero-order valence-electron chi connectivity index (χ0n) is 52.0. The van der Waals surface area contributed by atoms with Crippen LogP contribution in [-0.4, -0.2) is 77.2 Å². The van der Waals surface area contributed by atoms with Gasteiger partial charge >= 0.3 is 0 Å². The number of amides is 2.